The molecule has 1 atom stereocenters. The first-order valence-electron chi connectivity index (χ1n) is 9.73. The normalized spacial score (nSPS) is 17.2. The van der Waals surface area contributed by atoms with Gasteiger partial charge in [0.1, 0.15) is 5.69 Å². The van der Waals surface area contributed by atoms with Gasteiger partial charge in [0.05, 0.1) is 12.8 Å². The lowest BCUT2D eigenvalue weighted by Crippen LogP contribution is -2.34. The molecule has 29 heavy (non-hydrogen) atoms. The molecule has 2 aromatic heterocycles. The number of nitrogens with zero attached hydrogens (tertiary/aromatic N) is 3. The standard InChI is InChI=1S/C22H24N4O3/c1-29-20-8-7-15(11-19(20)27)13-26-10-4-5-16(14-26)18-12-21(28)25-22(24-18)17-6-2-3-9-23-17/h2-3,6-9,11-12,16,27H,4-5,10,13-14H2,1H3,(H,24,25,28). The smallest absolute Gasteiger partial charge is 0.251 e. The van der Waals surface area contributed by atoms with E-state index in [0.29, 0.717) is 17.3 Å². The largest absolute Gasteiger partial charge is 0.504 e. The van der Waals surface area contributed by atoms with Crippen LogP contribution in [0, 0.1) is 0 Å². The molecule has 1 aliphatic heterocycles. The molecule has 0 saturated carbocycles. The zero-order valence-corrected chi connectivity index (χ0v) is 16.3. The average molecular weight is 392 g/mol. The lowest BCUT2D eigenvalue weighted by atomic mass is 9.94. The van der Waals surface area contributed by atoms with Crippen LogP contribution in [0.1, 0.15) is 30.0 Å². The molecular formula is C22H24N4O3. The van der Waals surface area contributed by atoms with E-state index >= 15 is 0 Å². The van der Waals surface area contributed by atoms with Gasteiger partial charge in [-0.25, -0.2) is 4.98 Å². The summed E-state index contributed by atoms with van der Waals surface area (Å²) in [6, 6.07) is 12.6. The van der Waals surface area contributed by atoms with Crippen molar-refractivity contribution in [3.8, 4) is 23.0 Å². The molecule has 1 aliphatic rings. The molecule has 0 amide bonds. The van der Waals surface area contributed by atoms with Crippen molar-refractivity contribution in [3.05, 3.63) is 70.3 Å². The lowest BCUT2D eigenvalue weighted by molar-refractivity contribution is 0.198. The van der Waals surface area contributed by atoms with Crippen LogP contribution in [-0.2, 0) is 6.54 Å². The Hall–Kier alpha value is -3.19. The van der Waals surface area contributed by atoms with E-state index in [4.69, 9.17) is 9.72 Å². The summed E-state index contributed by atoms with van der Waals surface area (Å²) in [5.74, 6) is 1.31. The lowest BCUT2D eigenvalue weighted by Gasteiger charge is -2.32. The van der Waals surface area contributed by atoms with Crippen LogP contribution in [-0.4, -0.2) is 45.2 Å². The fourth-order valence-corrected chi connectivity index (χ4v) is 3.84. The molecule has 0 aliphatic carbocycles. The van der Waals surface area contributed by atoms with E-state index in [-0.39, 0.29) is 17.2 Å². The van der Waals surface area contributed by atoms with E-state index in [1.54, 1.807) is 24.4 Å². The van der Waals surface area contributed by atoms with E-state index in [0.717, 1.165) is 43.7 Å². The maximum atomic E-state index is 12.2. The fraction of sp³-hybridized carbons (Fsp3) is 0.318. The maximum absolute atomic E-state index is 12.2. The van der Waals surface area contributed by atoms with E-state index < -0.39 is 0 Å². The quantitative estimate of drug-likeness (QED) is 0.694. The number of likely N-dealkylation sites (tertiary alicyclic amines) is 1. The molecule has 2 N–H and O–H groups in total. The van der Waals surface area contributed by atoms with Crippen LogP contribution < -0.4 is 10.3 Å². The molecule has 0 bridgehead atoms. The average Bonchev–Trinajstić information content (AvgIpc) is 2.74. The molecular weight excluding hydrogens is 368 g/mol. The fourth-order valence-electron chi connectivity index (χ4n) is 3.84. The SMILES string of the molecule is COc1ccc(CN2CCCC(c3cc(=O)[nH]c(-c4ccccn4)n3)C2)cc1O. The van der Waals surface area contributed by atoms with E-state index in [9.17, 15) is 9.90 Å². The summed E-state index contributed by atoms with van der Waals surface area (Å²) in [4.78, 5) is 26.3. The van der Waals surface area contributed by atoms with Crippen LogP contribution in [0.3, 0.4) is 0 Å². The summed E-state index contributed by atoms with van der Waals surface area (Å²) >= 11 is 0. The number of aromatic nitrogens is 3. The molecule has 0 spiro atoms. The third-order valence-electron chi connectivity index (χ3n) is 5.24. The summed E-state index contributed by atoms with van der Waals surface area (Å²) in [7, 11) is 1.54. The number of phenols is 1. The monoisotopic (exact) mass is 392 g/mol. The van der Waals surface area contributed by atoms with Crippen molar-refractivity contribution in [1.29, 1.82) is 0 Å². The summed E-state index contributed by atoms with van der Waals surface area (Å²) in [5, 5.41) is 10.0. The second-order valence-electron chi connectivity index (χ2n) is 7.31. The second-order valence-corrected chi connectivity index (χ2v) is 7.31. The Balaban J connectivity index is 1.52. The molecule has 1 saturated heterocycles. The number of methoxy groups -OCH3 is 1. The Morgan fingerprint density at radius 3 is 2.93 bits per heavy atom. The van der Waals surface area contributed by atoms with Crippen LogP contribution in [0.5, 0.6) is 11.5 Å². The number of ether oxygens (including phenoxy) is 1. The van der Waals surface area contributed by atoms with Gasteiger partial charge in [0, 0.05) is 31.3 Å². The van der Waals surface area contributed by atoms with Crippen molar-refractivity contribution < 1.29 is 9.84 Å². The Morgan fingerprint density at radius 1 is 1.28 bits per heavy atom. The summed E-state index contributed by atoms with van der Waals surface area (Å²) in [6.07, 6.45) is 3.71. The first-order valence-corrected chi connectivity index (χ1v) is 9.73. The van der Waals surface area contributed by atoms with E-state index in [1.165, 1.54) is 7.11 Å². The minimum Gasteiger partial charge on any atom is -0.504 e. The van der Waals surface area contributed by atoms with Crippen LogP contribution in [0.4, 0.5) is 0 Å². The number of hydrogen-bond acceptors (Lipinski definition) is 6. The van der Waals surface area contributed by atoms with Gasteiger partial charge in [-0.15, -0.1) is 0 Å². The Bertz CT molecular complexity index is 1040. The minimum atomic E-state index is -0.159. The zero-order chi connectivity index (χ0) is 20.2. The van der Waals surface area contributed by atoms with Crippen molar-refractivity contribution in [3.63, 3.8) is 0 Å². The number of rotatable bonds is 5. The highest BCUT2D eigenvalue weighted by Crippen LogP contribution is 2.29. The predicted octanol–water partition coefficient (Wildman–Crippen LogP) is 2.93. The number of piperidine rings is 1. The molecule has 1 unspecified atom stereocenters. The Kier molecular flexibility index (Phi) is 5.57. The number of pyridine rings is 1. The van der Waals surface area contributed by atoms with Gasteiger partial charge >= 0.3 is 0 Å². The summed E-state index contributed by atoms with van der Waals surface area (Å²) in [6.45, 7) is 2.51. The first-order chi connectivity index (χ1) is 14.1. The van der Waals surface area contributed by atoms with Crippen molar-refractivity contribution in [1.82, 2.24) is 19.9 Å². The molecule has 1 fully saturated rings. The highest BCUT2D eigenvalue weighted by molar-refractivity contribution is 5.48. The molecule has 7 heteroatoms. The first kappa shape index (κ1) is 19.1. The number of hydrogen-bond donors (Lipinski definition) is 2. The molecule has 4 rings (SSSR count). The van der Waals surface area contributed by atoms with Gasteiger partial charge in [-0.2, -0.15) is 0 Å². The van der Waals surface area contributed by atoms with Gasteiger partial charge < -0.3 is 14.8 Å². The van der Waals surface area contributed by atoms with E-state index in [1.807, 2.05) is 24.3 Å². The number of aromatic amines is 1. The second kappa shape index (κ2) is 8.45. The van der Waals surface area contributed by atoms with Crippen LogP contribution >= 0.6 is 0 Å². The van der Waals surface area contributed by atoms with E-state index in [2.05, 4.69) is 14.9 Å². The van der Waals surface area contributed by atoms with Gasteiger partial charge in [-0.05, 0) is 49.2 Å². The van der Waals surface area contributed by atoms with Crippen LogP contribution in [0.25, 0.3) is 11.5 Å². The number of nitrogens with one attached hydrogen (secondary N) is 1. The van der Waals surface area contributed by atoms with Gasteiger partial charge in [-0.3, -0.25) is 14.7 Å². The Labute approximate surface area is 169 Å². The van der Waals surface area contributed by atoms with Crippen molar-refractivity contribution in [2.45, 2.75) is 25.3 Å². The number of aromatic hydroxyl groups is 1. The van der Waals surface area contributed by atoms with Crippen LogP contribution in [0.2, 0.25) is 0 Å². The van der Waals surface area contributed by atoms with Gasteiger partial charge in [-0.1, -0.05) is 12.1 Å². The van der Waals surface area contributed by atoms with Gasteiger partial charge in [0.2, 0.25) is 0 Å². The third kappa shape index (κ3) is 4.46. The molecule has 7 nitrogen and oxygen atoms in total. The Morgan fingerprint density at radius 2 is 2.17 bits per heavy atom. The highest BCUT2D eigenvalue weighted by atomic mass is 16.5. The van der Waals surface area contributed by atoms with Crippen molar-refractivity contribution in [2.75, 3.05) is 20.2 Å². The molecule has 3 aromatic rings. The van der Waals surface area contributed by atoms with Crippen LogP contribution in [0.15, 0.2) is 53.5 Å². The van der Waals surface area contributed by atoms with Crippen molar-refractivity contribution >= 4 is 0 Å². The van der Waals surface area contributed by atoms with Crippen molar-refractivity contribution in [2.24, 2.45) is 0 Å². The third-order valence-corrected chi connectivity index (χ3v) is 5.24. The summed E-state index contributed by atoms with van der Waals surface area (Å²) in [5.41, 5.74) is 2.33. The number of H-pyrrole nitrogens is 1. The molecule has 0 radical (unpaired) electrons. The van der Waals surface area contributed by atoms with Gasteiger partial charge in [0.25, 0.3) is 5.56 Å². The molecule has 150 valence electrons. The molecule has 1 aromatic carbocycles. The number of benzene rings is 1. The topological polar surface area (TPSA) is 91.3 Å². The molecule has 3 heterocycles. The summed E-state index contributed by atoms with van der Waals surface area (Å²) < 4.78 is 5.11. The zero-order valence-electron chi connectivity index (χ0n) is 16.3. The number of phenolic OH excluding ortho intramolecular Hbond substituents is 1. The highest BCUT2D eigenvalue weighted by Gasteiger charge is 2.24. The van der Waals surface area contributed by atoms with Gasteiger partial charge in [0.15, 0.2) is 17.3 Å². The minimum absolute atomic E-state index is 0.148. The maximum Gasteiger partial charge on any atom is 0.251 e. The predicted molar refractivity (Wildman–Crippen MR) is 110 cm³/mol.